The quantitative estimate of drug-likeness (QED) is 0.189. The molecule has 0 aromatic heterocycles. The summed E-state index contributed by atoms with van der Waals surface area (Å²) in [6.45, 7) is 4.37. The molecule has 1 N–H and O–H groups in total. The second-order valence-corrected chi connectivity index (χ2v) is 8.57. The van der Waals surface area contributed by atoms with E-state index in [-0.39, 0.29) is 6.10 Å². The summed E-state index contributed by atoms with van der Waals surface area (Å²) >= 11 is 0. The molecule has 26 heavy (non-hydrogen) atoms. The van der Waals surface area contributed by atoms with Crippen molar-refractivity contribution < 1.29 is 5.11 Å². The third-order valence-corrected chi connectivity index (χ3v) is 5.86. The molecule has 0 aliphatic carbocycles. The molecule has 1 atom stereocenters. The zero-order chi connectivity index (χ0) is 19.1. The lowest BCUT2D eigenvalue weighted by Gasteiger charge is -2.06. The SMILES string of the molecule is CCCCCCCCCCCCCCCCCCCCCCC(O)CC. The smallest absolute Gasteiger partial charge is 0.0537 e. The zero-order valence-electron chi connectivity index (χ0n) is 18.6. The fourth-order valence-electron chi connectivity index (χ4n) is 3.84. The molecule has 0 amide bonds. The van der Waals surface area contributed by atoms with E-state index < -0.39 is 0 Å². The van der Waals surface area contributed by atoms with Gasteiger partial charge in [-0.15, -0.1) is 0 Å². The first-order valence-electron chi connectivity index (χ1n) is 12.5. The molecule has 0 rings (SSSR count). The Morgan fingerprint density at radius 1 is 0.423 bits per heavy atom. The second kappa shape index (κ2) is 23.0. The Morgan fingerprint density at radius 2 is 0.692 bits per heavy atom. The summed E-state index contributed by atoms with van der Waals surface area (Å²) in [4.78, 5) is 0. The number of unbranched alkanes of at least 4 members (excludes halogenated alkanes) is 19. The molecule has 1 heteroatoms. The van der Waals surface area contributed by atoms with Crippen LogP contribution in [0.15, 0.2) is 0 Å². The van der Waals surface area contributed by atoms with Gasteiger partial charge < -0.3 is 5.11 Å². The van der Waals surface area contributed by atoms with Crippen molar-refractivity contribution in [3.8, 4) is 0 Å². The molecule has 0 aliphatic rings. The summed E-state index contributed by atoms with van der Waals surface area (Å²) < 4.78 is 0. The van der Waals surface area contributed by atoms with Gasteiger partial charge in [0.2, 0.25) is 0 Å². The van der Waals surface area contributed by atoms with Crippen molar-refractivity contribution in [1.29, 1.82) is 0 Å². The summed E-state index contributed by atoms with van der Waals surface area (Å²) in [7, 11) is 0. The third kappa shape index (κ3) is 22.0. The standard InChI is InChI=1S/C25H52O/c1-3-5-6-7-8-9-10-11-12-13-14-15-16-17-18-19-20-21-22-23-24-25(26)4-2/h25-26H,3-24H2,1-2H3. The number of rotatable bonds is 22. The van der Waals surface area contributed by atoms with E-state index in [1.807, 2.05) is 0 Å². The van der Waals surface area contributed by atoms with Crippen molar-refractivity contribution in [3.05, 3.63) is 0 Å². The Kier molecular flexibility index (Phi) is 23.0. The van der Waals surface area contributed by atoms with Gasteiger partial charge in [0.05, 0.1) is 6.10 Å². The van der Waals surface area contributed by atoms with Crippen molar-refractivity contribution in [2.45, 2.75) is 161 Å². The van der Waals surface area contributed by atoms with Crippen molar-refractivity contribution in [3.63, 3.8) is 0 Å². The van der Waals surface area contributed by atoms with E-state index in [0.29, 0.717) is 0 Å². The minimum absolute atomic E-state index is 0.0504. The molecular formula is C25H52O. The first kappa shape index (κ1) is 26.0. The van der Waals surface area contributed by atoms with Gasteiger partial charge in [0.15, 0.2) is 0 Å². The van der Waals surface area contributed by atoms with Crippen LogP contribution in [-0.4, -0.2) is 11.2 Å². The minimum atomic E-state index is -0.0504. The van der Waals surface area contributed by atoms with Gasteiger partial charge in [0.1, 0.15) is 0 Å². The van der Waals surface area contributed by atoms with Crippen LogP contribution in [-0.2, 0) is 0 Å². The Morgan fingerprint density at radius 3 is 0.962 bits per heavy atom. The van der Waals surface area contributed by atoms with Crippen LogP contribution in [0.1, 0.15) is 155 Å². The maximum Gasteiger partial charge on any atom is 0.0537 e. The van der Waals surface area contributed by atoms with E-state index in [1.165, 1.54) is 128 Å². The zero-order valence-corrected chi connectivity index (χ0v) is 18.6. The molecule has 0 aromatic carbocycles. The Balaban J connectivity index is 2.99. The van der Waals surface area contributed by atoms with E-state index >= 15 is 0 Å². The molecule has 0 saturated carbocycles. The van der Waals surface area contributed by atoms with Crippen LogP contribution in [0.5, 0.6) is 0 Å². The fourth-order valence-corrected chi connectivity index (χ4v) is 3.84. The van der Waals surface area contributed by atoms with Crippen LogP contribution in [0.25, 0.3) is 0 Å². The average Bonchev–Trinajstić information content (AvgIpc) is 2.66. The van der Waals surface area contributed by atoms with Crippen LogP contribution in [0.3, 0.4) is 0 Å². The van der Waals surface area contributed by atoms with Gasteiger partial charge in [0.25, 0.3) is 0 Å². The molecule has 0 heterocycles. The van der Waals surface area contributed by atoms with Crippen molar-refractivity contribution in [1.82, 2.24) is 0 Å². The summed E-state index contributed by atoms with van der Waals surface area (Å²) in [6, 6.07) is 0. The van der Waals surface area contributed by atoms with Gasteiger partial charge in [0, 0.05) is 0 Å². The number of aliphatic hydroxyl groups excluding tert-OH is 1. The van der Waals surface area contributed by atoms with Gasteiger partial charge in [-0.3, -0.25) is 0 Å². The third-order valence-electron chi connectivity index (χ3n) is 5.86. The van der Waals surface area contributed by atoms with Gasteiger partial charge in [-0.2, -0.15) is 0 Å². The molecule has 0 saturated heterocycles. The monoisotopic (exact) mass is 368 g/mol. The second-order valence-electron chi connectivity index (χ2n) is 8.57. The molecule has 0 bridgehead atoms. The minimum Gasteiger partial charge on any atom is -0.393 e. The van der Waals surface area contributed by atoms with Crippen molar-refractivity contribution in [2.75, 3.05) is 0 Å². The molecule has 0 aromatic rings. The molecular weight excluding hydrogens is 316 g/mol. The van der Waals surface area contributed by atoms with Crippen LogP contribution in [0.4, 0.5) is 0 Å². The van der Waals surface area contributed by atoms with Crippen LogP contribution < -0.4 is 0 Å². The molecule has 0 aliphatic heterocycles. The van der Waals surface area contributed by atoms with Crippen molar-refractivity contribution >= 4 is 0 Å². The summed E-state index contributed by atoms with van der Waals surface area (Å²) in [5.41, 5.74) is 0. The van der Waals surface area contributed by atoms with E-state index in [9.17, 15) is 5.11 Å². The largest absolute Gasteiger partial charge is 0.393 e. The number of hydrogen-bond acceptors (Lipinski definition) is 1. The van der Waals surface area contributed by atoms with Crippen LogP contribution in [0.2, 0.25) is 0 Å². The van der Waals surface area contributed by atoms with E-state index in [2.05, 4.69) is 13.8 Å². The van der Waals surface area contributed by atoms with Gasteiger partial charge in [-0.1, -0.05) is 142 Å². The highest BCUT2D eigenvalue weighted by molar-refractivity contribution is 4.54. The van der Waals surface area contributed by atoms with Gasteiger partial charge >= 0.3 is 0 Å². The maximum absolute atomic E-state index is 9.51. The van der Waals surface area contributed by atoms with Crippen molar-refractivity contribution in [2.24, 2.45) is 0 Å². The molecule has 1 unspecified atom stereocenters. The van der Waals surface area contributed by atoms with E-state index in [1.54, 1.807) is 0 Å². The number of hydrogen-bond donors (Lipinski definition) is 1. The lowest BCUT2D eigenvalue weighted by Crippen LogP contribution is -2.03. The highest BCUT2D eigenvalue weighted by Crippen LogP contribution is 2.15. The first-order chi connectivity index (χ1) is 12.8. The highest BCUT2D eigenvalue weighted by atomic mass is 16.3. The molecule has 0 spiro atoms. The average molecular weight is 369 g/mol. The topological polar surface area (TPSA) is 20.2 Å². The van der Waals surface area contributed by atoms with Crippen LogP contribution in [0, 0.1) is 0 Å². The predicted molar refractivity (Wildman–Crippen MR) is 119 cm³/mol. The van der Waals surface area contributed by atoms with Gasteiger partial charge in [-0.05, 0) is 12.8 Å². The number of aliphatic hydroxyl groups is 1. The first-order valence-corrected chi connectivity index (χ1v) is 12.5. The summed E-state index contributed by atoms with van der Waals surface area (Å²) in [5.74, 6) is 0. The summed E-state index contributed by atoms with van der Waals surface area (Å²) in [6.07, 6.45) is 30.5. The van der Waals surface area contributed by atoms with Crippen LogP contribution >= 0.6 is 0 Å². The lowest BCUT2D eigenvalue weighted by atomic mass is 10.0. The maximum atomic E-state index is 9.51. The fraction of sp³-hybridized carbons (Fsp3) is 1.00. The molecule has 0 fully saturated rings. The summed E-state index contributed by atoms with van der Waals surface area (Å²) in [5, 5.41) is 9.51. The predicted octanol–water partition coefficient (Wildman–Crippen LogP) is 8.97. The highest BCUT2D eigenvalue weighted by Gasteiger charge is 1.99. The Hall–Kier alpha value is -0.0400. The Labute approximate surface area is 166 Å². The normalized spacial score (nSPS) is 12.6. The molecule has 158 valence electrons. The lowest BCUT2D eigenvalue weighted by molar-refractivity contribution is 0.156. The Bertz CT molecular complexity index is 238. The van der Waals surface area contributed by atoms with Gasteiger partial charge in [-0.25, -0.2) is 0 Å². The van der Waals surface area contributed by atoms with E-state index in [4.69, 9.17) is 0 Å². The van der Waals surface area contributed by atoms with E-state index in [0.717, 1.165) is 12.8 Å². The molecule has 0 radical (unpaired) electrons. The molecule has 1 nitrogen and oxygen atoms in total.